The fourth-order valence-corrected chi connectivity index (χ4v) is 3.81. The van der Waals surface area contributed by atoms with E-state index in [0.717, 1.165) is 30.2 Å². The first-order chi connectivity index (χ1) is 9.61. The molecule has 3 heterocycles. The number of hydrogen-bond acceptors (Lipinski definition) is 5. The monoisotopic (exact) mass is 293 g/mol. The van der Waals surface area contributed by atoms with E-state index in [9.17, 15) is 4.79 Å². The Morgan fingerprint density at radius 3 is 3.15 bits per heavy atom. The Bertz CT molecular complexity index is 553. The molecule has 0 saturated heterocycles. The summed E-state index contributed by atoms with van der Waals surface area (Å²) in [6.07, 6.45) is 4.36. The molecule has 0 aromatic carbocycles. The molecule has 0 fully saturated rings. The van der Waals surface area contributed by atoms with Crippen LogP contribution in [0, 0.1) is 0 Å². The van der Waals surface area contributed by atoms with Crippen molar-refractivity contribution in [2.24, 2.45) is 0 Å². The second kappa shape index (κ2) is 5.36. The summed E-state index contributed by atoms with van der Waals surface area (Å²) in [6, 6.07) is 1.94. The average molecular weight is 293 g/mol. The van der Waals surface area contributed by atoms with Crippen molar-refractivity contribution in [3.63, 3.8) is 0 Å². The average Bonchev–Trinajstić information content (AvgIpc) is 2.95. The summed E-state index contributed by atoms with van der Waals surface area (Å²) in [6.45, 7) is 4.36. The third kappa shape index (κ3) is 2.75. The van der Waals surface area contributed by atoms with Crippen molar-refractivity contribution in [1.82, 2.24) is 10.6 Å². The van der Waals surface area contributed by atoms with E-state index < -0.39 is 0 Å². The third-order valence-electron chi connectivity index (χ3n) is 3.49. The number of nitrogens with one attached hydrogen (secondary N) is 3. The highest BCUT2D eigenvalue weighted by Crippen LogP contribution is 2.45. The number of hydrogen-bond donors (Lipinski definition) is 3. The molecule has 108 valence electrons. The van der Waals surface area contributed by atoms with Crippen LogP contribution in [0.25, 0.3) is 0 Å². The summed E-state index contributed by atoms with van der Waals surface area (Å²) in [5, 5.41) is 10.4. The minimum atomic E-state index is -0.0432. The van der Waals surface area contributed by atoms with Gasteiger partial charge in [-0.2, -0.15) is 0 Å². The molecule has 5 nitrogen and oxygen atoms in total. The van der Waals surface area contributed by atoms with E-state index in [2.05, 4.69) is 29.1 Å². The van der Waals surface area contributed by atoms with Crippen LogP contribution in [0.3, 0.4) is 0 Å². The lowest BCUT2D eigenvalue weighted by molar-refractivity contribution is -0.114. The Morgan fingerprint density at radius 2 is 2.45 bits per heavy atom. The number of rotatable bonds is 3. The van der Waals surface area contributed by atoms with Gasteiger partial charge in [0, 0.05) is 30.8 Å². The van der Waals surface area contributed by atoms with Crippen LogP contribution >= 0.6 is 11.3 Å². The molecule has 3 N–H and O–H groups in total. The maximum absolute atomic E-state index is 11.1. The predicted octanol–water partition coefficient (Wildman–Crippen LogP) is 2.34. The quantitative estimate of drug-likeness (QED) is 0.800. The Balaban J connectivity index is 1.75. The van der Waals surface area contributed by atoms with Gasteiger partial charge in [0.2, 0.25) is 5.91 Å². The van der Waals surface area contributed by atoms with E-state index in [-0.39, 0.29) is 5.91 Å². The molecule has 0 radical (unpaired) electrons. The van der Waals surface area contributed by atoms with Crippen LogP contribution in [0.15, 0.2) is 18.0 Å². The second-order valence-corrected chi connectivity index (χ2v) is 6.34. The van der Waals surface area contributed by atoms with Crippen molar-refractivity contribution in [1.29, 1.82) is 0 Å². The van der Waals surface area contributed by atoms with Crippen LogP contribution < -0.4 is 20.7 Å². The first-order valence-corrected chi connectivity index (χ1v) is 7.69. The van der Waals surface area contributed by atoms with E-state index in [1.165, 1.54) is 17.5 Å². The highest BCUT2D eigenvalue weighted by Gasteiger charge is 2.27. The summed E-state index contributed by atoms with van der Waals surface area (Å²) in [5.74, 6) is 1.34. The molecule has 20 heavy (non-hydrogen) atoms. The molecule has 2 aliphatic heterocycles. The molecule has 0 saturated carbocycles. The molecule has 6 heteroatoms. The number of thiophene rings is 1. The molecule has 2 unspecified atom stereocenters. The van der Waals surface area contributed by atoms with Gasteiger partial charge in [-0.1, -0.05) is 0 Å². The fraction of sp³-hybridized carbons (Fsp3) is 0.500. The van der Waals surface area contributed by atoms with E-state index in [1.54, 1.807) is 11.3 Å². The Kier molecular flexibility index (Phi) is 3.56. The molecule has 0 spiro atoms. The van der Waals surface area contributed by atoms with Crippen LogP contribution in [0.2, 0.25) is 0 Å². The van der Waals surface area contributed by atoms with Gasteiger partial charge in [0.05, 0.1) is 22.7 Å². The lowest BCUT2D eigenvalue weighted by Crippen LogP contribution is -2.28. The van der Waals surface area contributed by atoms with E-state index in [1.807, 2.05) is 6.07 Å². The zero-order valence-corrected chi connectivity index (χ0v) is 12.5. The van der Waals surface area contributed by atoms with Crippen LogP contribution in [-0.2, 0) is 4.79 Å². The Labute approximate surface area is 122 Å². The van der Waals surface area contributed by atoms with Crippen molar-refractivity contribution in [3.8, 4) is 5.75 Å². The standard InChI is InChI=1S/C14H19N3O2S/c1-8-15-7-11(16-8)5-10-3-4-19-12-6-13(17-9(2)18)20-14(10)12/h6-8,10,15-16H,3-5H2,1-2H3,(H,17,18). The van der Waals surface area contributed by atoms with E-state index in [0.29, 0.717) is 12.1 Å². The van der Waals surface area contributed by atoms with Crippen LogP contribution in [0.4, 0.5) is 5.00 Å². The number of amides is 1. The number of anilines is 1. The molecule has 0 aliphatic carbocycles. The lowest BCUT2D eigenvalue weighted by atomic mass is 9.96. The topological polar surface area (TPSA) is 62.4 Å². The molecular weight excluding hydrogens is 274 g/mol. The summed E-state index contributed by atoms with van der Waals surface area (Å²) >= 11 is 1.62. The van der Waals surface area contributed by atoms with Crippen molar-refractivity contribution < 1.29 is 9.53 Å². The normalized spacial score (nSPS) is 24.0. The summed E-state index contributed by atoms with van der Waals surface area (Å²) in [5.41, 5.74) is 1.24. The number of carbonyl (C=O) groups excluding carboxylic acids is 1. The van der Waals surface area contributed by atoms with Gasteiger partial charge in [-0.15, -0.1) is 11.3 Å². The van der Waals surface area contributed by atoms with Gasteiger partial charge in [-0.3, -0.25) is 4.79 Å². The molecule has 1 amide bonds. The molecule has 3 rings (SSSR count). The first-order valence-electron chi connectivity index (χ1n) is 6.87. The molecule has 1 aromatic heterocycles. The third-order valence-corrected chi connectivity index (χ3v) is 4.69. The largest absolute Gasteiger partial charge is 0.492 e. The van der Waals surface area contributed by atoms with Crippen molar-refractivity contribution in [3.05, 3.63) is 22.8 Å². The van der Waals surface area contributed by atoms with Crippen LogP contribution in [-0.4, -0.2) is 18.7 Å². The molecular formula is C14H19N3O2S. The maximum atomic E-state index is 11.1. The van der Waals surface area contributed by atoms with Crippen LogP contribution in [0.1, 0.15) is 37.5 Å². The molecule has 1 aromatic rings. The van der Waals surface area contributed by atoms with Gasteiger partial charge in [-0.25, -0.2) is 0 Å². The smallest absolute Gasteiger partial charge is 0.221 e. The predicted molar refractivity (Wildman–Crippen MR) is 79.9 cm³/mol. The van der Waals surface area contributed by atoms with Crippen LogP contribution in [0.5, 0.6) is 5.75 Å². The highest BCUT2D eigenvalue weighted by atomic mass is 32.1. The van der Waals surface area contributed by atoms with Gasteiger partial charge >= 0.3 is 0 Å². The zero-order valence-electron chi connectivity index (χ0n) is 11.7. The summed E-state index contributed by atoms with van der Waals surface area (Å²) < 4.78 is 5.71. The minimum absolute atomic E-state index is 0.0432. The Morgan fingerprint density at radius 1 is 1.60 bits per heavy atom. The van der Waals surface area contributed by atoms with Crippen molar-refractivity contribution in [2.75, 3.05) is 11.9 Å². The van der Waals surface area contributed by atoms with Gasteiger partial charge in [0.15, 0.2) is 0 Å². The minimum Gasteiger partial charge on any atom is -0.492 e. The SMILES string of the molecule is CC(=O)Nc1cc2c(s1)C(CC1=CNC(C)N1)CCO2. The van der Waals surface area contributed by atoms with Crippen molar-refractivity contribution in [2.45, 2.75) is 38.8 Å². The van der Waals surface area contributed by atoms with Gasteiger partial charge in [0.1, 0.15) is 5.75 Å². The second-order valence-electron chi connectivity index (χ2n) is 5.26. The molecule has 2 atom stereocenters. The van der Waals surface area contributed by atoms with Gasteiger partial charge < -0.3 is 20.7 Å². The Hall–Kier alpha value is -1.69. The fourth-order valence-electron chi connectivity index (χ4n) is 2.63. The number of fused-ring (bicyclic) bond motifs is 1. The lowest BCUT2D eigenvalue weighted by Gasteiger charge is -2.23. The first kappa shape index (κ1) is 13.3. The summed E-state index contributed by atoms with van der Waals surface area (Å²) in [4.78, 5) is 12.4. The number of allylic oxidation sites excluding steroid dienone is 1. The van der Waals surface area contributed by atoms with E-state index in [4.69, 9.17) is 4.74 Å². The molecule has 0 bridgehead atoms. The highest BCUT2D eigenvalue weighted by molar-refractivity contribution is 7.16. The number of ether oxygens (including phenoxy) is 1. The number of carbonyl (C=O) groups is 1. The van der Waals surface area contributed by atoms with Gasteiger partial charge in [0.25, 0.3) is 0 Å². The van der Waals surface area contributed by atoms with Crippen molar-refractivity contribution >= 4 is 22.2 Å². The summed E-state index contributed by atoms with van der Waals surface area (Å²) in [7, 11) is 0. The zero-order chi connectivity index (χ0) is 14.1. The van der Waals surface area contributed by atoms with Gasteiger partial charge in [-0.05, 0) is 19.8 Å². The van der Waals surface area contributed by atoms with E-state index >= 15 is 0 Å². The molecule has 2 aliphatic rings. The maximum Gasteiger partial charge on any atom is 0.221 e.